The van der Waals surface area contributed by atoms with Gasteiger partial charge in [-0.2, -0.15) is 0 Å². The van der Waals surface area contributed by atoms with Crippen LogP contribution in [0.3, 0.4) is 0 Å². The lowest BCUT2D eigenvalue weighted by Gasteiger charge is -2.37. The molecule has 1 aromatic rings. The third-order valence-corrected chi connectivity index (χ3v) is 5.55. The van der Waals surface area contributed by atoms with Crippen LogP contribution in [0, 0.1) is 5.92 Å². The molecule has 2 aliphatic heterocycles. The number of piperazine rings is 1. The minimum absolute atomic E-state index is 0.196. The Bertz CT molecular complexity index is 479. The summed E-state index contributed by atoms with van der Waals surface area (Å²) in [4.78, 5) is 18.2. The molecule has 0 bridgehead atoms. The molecule has 1 atom stereocenters. The molecule has 1 N–H and O–H groups in total. The third kappa shape index (κ3) is 3.97. The van der Waals surface area contributed by atoms with Gasteiger partial charge in [0.05, 0.1) is 10.3 Å². The zero-order valence-corrected chi connectivity index (χ0v) is 13.8. The summed E-state index contributed by atoms with van der Waals surface area (Å²) in [6.07, 6.45) is 2.16. The van der Waals surface area contributed by atoms with Crippen LogP contribution in [-0.2, 0) is 11.3 Å². The third-order valence-electron chi connectivity index (χ3n) is 4.34. The van der Waals surface area contributed by atoms with Crippen LogP contribution in [-0.4, -0.2) is 55.0 Å². The first kappa shape index (κ1) is 15.3. The molecule has 0 saturated carbocycles. The molecule has 3 rings (SSSR count). The second-order valence-corrected chi connectivity index (χ2v) is 7.65. The van der Waals surface area contributed by atoms with E-state index in [0.717, 1.165) is 63.0 Å². The number of carbonyl (C=O) groups excluding carboxylic acids is 1. The molecule has 0 aliphatic carbocycles. The van der Waals surface area contributed by atoms with Crippen LogP contribution in [0.25, 0.3) is 0 Å². The summed E-state index contributed by atoms with van der Waals surface area (Å²) in [7, 11) is 0. The van der Waals surface area contributed by atoms with E-state index in [-0.39, 0.29) is 5.92 Å². The predicted octanol–water partition coefficient (Wildman–Crippen LogP) is 2.05. The molecular weight excluding hydrogens is 306 g/mol. The van der Waals surface area contributed by atoms with Gasteiger partial charge in [0.1, 0.15) is 0 Å². The summed E-state index contributed by atoms with van der Waals surface area (Å²) < 4.78 is 0.851. The van der Waals surface area contributed by atoms with Crippen molar-refractivity contribution < 1.29 is 4.79 Å². The Morgan fingerprint density at radius 1 is 1.33 bits per heavy atom. The standard InChI is InChI=1S/C15H22ClN3OS/c16-14-4-3-13(21-14)11-18-6-8-19(9-7-18)15(20)12-2-1-5-17-10-12/h3-4,12,17H,1-2,5-11H2/t12-/m1/s1. The van der Waals surface area contributed by atoms with Crippen molar-refractivity contribution in [2.24, 2.45) is 5.92 Å². The quantitative estimate of drug-likeness (QED) is 0.923. The Hall–Kier alpha value is -0.620. The van der Waals surface area contributed by atoms with Crippen molar-refractivity contribution in [1.29, 1.82) is 0 Å². The lowest BCUT2D eigenvalue weighted by molar-refractivity contribution is -0.137. The summed E-state index contributed by atoms with van der Waals surface area (Å²) in [6, 6.07) is 4.05. The second kappa shape index (κ2) is 7.09. The van der Waals surface area contributed by atoms with Gasteiger partial charge in [0, 0.05) is 44.1 Å². The fraction of sp³-hybridized carbons (Fsp3) is 0.667. The zero-order valence-electron chi connectivity index (χ0n) is 12.2. The maximum absolute atomic E-state index is 12.5. The molecule has 4 nitrogen and oxygen atoms in total. The molecule has 3 heterocycles. The summed E-state index contributed by atoms with van der Waals surface area (Å²) in [6.45, 7) is 6.49. The van der Waals surface area contributed by atoms with Gasteiger partial charge in [-0.1, -0.05) is 11.6 Å². The van der Waals surface area contributed by atoms with E-state index in [2.05, 4.69) is 21.2 Å². The highest BCUT2D eigenvalue weighted by molar-refractivity contribution is 7.16. The molecule has 1 amide bonds. The van der Waals surface area contributed by atoms with Crippen LogP contribution < -0.4 is 5.32 Å². The van der Waals surface area contributed by atoms with Gasteiger partial charge in [-0.3, -0.25) is 9.69 Å². The molecule has 0 unspecified atom stereocenters. The first-order valence-corrected chi connectivity index (χ1v) is 8.88. The van der Waals surface area contributed by atoms with Crippen LogP contribution in [0.5, 0.6) is 0 Å². The maximum atomic E-state index is 12.5. The van der Waals surface area contributed by atoms with E-state index in [1.54, 1.807) is 11.3 Å². The van der Waals surface area contributed by atoms with Crippen molar-refractivity contribution in [3.8, 4) is 0 Å². The number of halogens is 1. The second-order valence-electron chi connectivity index (χ2n) is 5.85. The minimum atomic E-state index is 0.196. The van der Waals surface area contributed by atoms with Gasteiger partial charge in [0.25, 0.3) is 0 Å². The van der Waals surface area contributed by atoms with Crippen LogP contribution in [0.15, 0.2) is 12.1 Å². The van der Waals surface area contributed by atoms with E-state index < -0.39 is 0 Å². The largest absolute Gasteiger partial charge is 0.340 e. The van der Waals surface area contributed by atoms with Crippen molar-refractivity contribution >= 4 is 28.8 Å². The number of piperidine rings is 1. The Morgan fingerprint density at radius 3 is 2.76 bits per heavy atom. The molecular formula is C15H22ClN3OS. The maximum Gasteiger partial charge on any atom is 0.227 e. The number of nitrogens with zero attached hydrogens (tertiary/aromatic N) is 2. The molecule has 2 saturated heterocycles. The minimum Gasteiger partial charge on any atom is -0.340 e. The van der Waals surface area contributed by atoms with Gasteiger partial charge in [-0.05, 0) is 31.5 Å². The van der Waals surface area contributed by atoms with E-state index >= 15 is 0 Å². The van der Waals surface area contributed by atoms with Crippen molar-refractivity contribution in [1.82, 2.24) is 15.1 Å². The molecule has 6 heteroatoms. The van der Waals surface area contributed by atoms with Crippen molar-refractivity contribution in [2.45, 2.75) is 19.4 Å². The summed E-state index contributed by atoms with van der Waals surface area (Å²) in [5.74, 6) is 0.544. The van der Waals surface area contributed by atoms with Gasteiger partial charge in [-0.25, -0.2) is 0 Å². The Labute approximate surface area is 135 Å². The SMILES string of the molecule is O=C([C@@H]1CCCNC1)N1CCN(Cc2ccc(Cl)s2)CC1. The predicted molar refractivity (Wildman–Crippen MR) is 86.8 cm³/mol. The average molecular weight is 328 g/mol. The molecule has 116 valence electrons. The number of hydrogen-bond acceptors (Lipinski definition) is 4. The molecule has 0 radical (unpaired) electrons. The van der Waals surface area contributed by atoms with Gasteiger partial charge in [-0.15, -0.1) is 11.3 Å². The zero-order chi connectivity index (χ0) is 14.7. The highest BCUT2D eigenvalue weighted by Gasteiger charge is 2.28. The first-order valence-electron chi connectivity index (χ1n) is 7.68. The van der Waals surface area contributed by atoms with E-state index in [4.69, 9.17) is 11.6 Å². The van der Waals surface area contributed by atoms with Gasteiger partial charge in [0.15, 0.2) is 0 Å². The van der Waals surface area contributed by atoms with E-state index in [1.807, 2.05) is 6.07 Å². The number of hydrogen-bond donors (Lipinski definition) is 1. The van der Waals surface area contributed by atoms with Crippen LogP contribution in [0.2, 0.25) is 4.34 Å². The lowest BCUT2D eigenvalue weighted by Crippen LogP contribution is -2.51. The number of nitrogens with one attached hydrogen (secondary N) is 1. The normalized spacial score (nSPS) is 24.2. The number of carbonyl (C=O) groups is 1. The topological polar surface area (TPSA) is 35.6 Å². The fourth-order valence-corrected chi connectivity index (χ4v) is 4.23. The highest BCUT2D eigenvalue weighted by atomic mass is 35.5. The molecule has 21 heavy (non-hydrogen) atoms. The van der Waals surface area contributed by atoms with E-state index in [0.29, 0.717) is 5.91 Å². The van der Waals surface area contributed by atoms with Crippen molar-refractivity contribution in [3.05, 3.63) is 21.3 Å². The van der Waals surface area contributed by atoms with E-state index in [9.17, 15) is 4.79 Å². The Kier molecular flexibility index (Phi) is 5.16. The van der Waals surface area contributed by atoms with Gasteiger partial charge < -0.3 is 10.2 Å². The summed E-state index contributed by atoms with van der Waals surface area (Å²) in [5, 5.41) is 3.33. The smallest absolute Gasteiger partial charge is 0.227 e. The van der Waals surface area contributed by atoms with Crippen LogP contribution in [0.4, 0.5) is 0 Å². The molecule has 2 aliphatic rings. The van der Waals surface area contributed by atoms with Crippen molar-refractivity contribution in [3.63, 3.8) is 0 Å². The number of thiophene rings is 1. The van der Waals surface area contributed by atoms with Crippen molar-refractivity contribution in [2.75, 3.05) is 39.3 Å². The Morgan fingerprint density at radius 2 is 2.14 bits per heavy atom. The fourth-order valence-electron chi connectivity index (χ4n) is 3.10. The van der Waals surface area contributed by atoms with Gasteiger partial charge in [0.2, 0.25) is 5.91 Å². The first-order chi connectivity index (χ1) is 10.2. The molecule has 1 aromatic heterocycles. The molecule has 0 spiro atoms. The van der Waals surface area contributed by atoms with Gasteiger partial charge >= 0.3 is 0 Å². The van der Waals surface area contributed by atoms with Crippen LogP contribution >= 0.6 is 22.9 Å². The number of amides is 1. The lowest BCUT2D eigenvalue weighted by atomic mass is 9.98. The van der Waals surface area contributed by atoms with Crippen LogP contribution in [0.1, 0.15) is 17.7 Å². The highest BCUT2D eigenvalue weighted by Crippen LogP contribution is 2.23. The summed E-state index contributed by atoms with van der Waals surface area (Å²) >= 11 is 7.62. The monoisotopic (exact) mass is 327 g/mol. The molecule has 2 fully saturated rings. The van der Waals surface area contributed by atoms with E-state index in [1.165, 1.54) is 4.88 Å². The number of rotatable bonds is 3. The Balaban J connectivity index is 1.47. The summed E-state index contributed by atoms with van der Waals surface area (Å²) in [5.41, 5.74) is 0. The average Bonchev–Trinajstić information content (AvgIpc) is 2.93. The molecule has 0 aromatic carbocycles.